The van der Waals surface area contributed by atoms with Crippen molar-refractivity contribution in [3.8, 4) is 0 Å². The molecule has 0 bridgehead atoms. The third-order valence-electron chi connectivity index (χ3n) is 3.52. The third-order valence-corrected chi connectivity index (χ3v) is 3.93. The van der Waals surface area contributed by atoms with E-state index in [2.05, 4.69) is 0 Å². The fourth-order valence-electron chi connectivity index (χ4n) is 1.92. The third kappa shape index (κ3) is 3.83. The van der Waals surface area contributed by atoms with Gasteiger partial charge in [0, 0.05) is 11.1 Å². The second-order valence-electron chi connectivity index (χ2n) is 5.39. The van der Waals surface area contributed by atoms with Crippen LogP contribution in [0, 0.1) is 0 Å². The van der Waals surface area contributed by atoms with Crippen LogP contribution in [0.4, 0.5) is 18.9 Å². The maximum Gasteiger partial charge on any atom is 0.426 e. The molecule has 0 aliphatic rings. The maximum atomic E-state index is 12.7. The first-order valence-corrected chi connectivity index (χ1v) is 7.42. The summed E-state index contributed by atoms with van der Waals surface area (Å²) in [6.07, 6.45) is -5.17. The van der Waals surface area contributed by atoms with E-state index in [1.807, 2.05) is 5.32 Å². The van der Waals surface area contributed by atoms with Gasteiger partial charge in [0.25, 0.3) is 5.91 Å². The second kappa shape index (κ2) is 6.85. The number of benzene rings is 2. The highest BCUT2D eigenvalue weighted by Crippen LogP contribution is 2.33. The molecule has 0 fully saturated rings. The summed E-state index contributed by atoms with van der Waals surface area (Å²) >= 11 is 6.06. The van der Waals surface area contributed by atoms with E-state index in [-0.39, 0.29) is 16.3 Å². The Morgan fingerprint density at radius 3 is 2.20 bits per heavy atom. The quantitative estimate of drug-likeness (QED) is 0.803. The molecule has 0 saturated carbocycles. The number of hydrogen-bond donors (Lipinski definition) is 2. The molecule has 0 radical (unpaired) electrons. The number of anilines is 1. The second-order valence-corrected chi connectivity index (χ2v) is 5.76. The predicted octanol–water partition coefficient (Wildman–Crippen LogP) is 3.82. The topological polar surface area (TPSA) is 66.4 Å². The van der Waals surface area contributed by atoms with Crippen molar-refractivity contribution in [2.24, 2.45) is 0 Å². The minimum absolute atomic E-state index is 0.0114. The van der Waals surface area contributed by atoms with Gasteiger partial charge in [-0.05, 0) is 19.1 Å². The molecule has 2 aromatic carbocycles. The number of nitrogens with one attached hydrogen (secondary N) is 1. The molecule has 0 aliphatic carbocycles. The van der Waals surface area contributed by atoms with Gasteiger partial charge in [0.2, 0.25) is 5.60 Å². The summed E-state index contributed by atoms with van der Waals surface area (Å²) in [6.45, 7) is 0.329. The molecule has 0 unspecified atom stereocenters. The molecule has 2 N–H and O–H groups in total. The van der Waals surface area contributed by atoms with Crippen molar-refractivity contribution in [1.82, 2.24) is 0 Å². The fourth-order valence-corrected chi connectivity index (χ4v) is 2.18. The molecule has 2 aromatic rings. The zero-order valence-corrected chi connectivity index (χ0v) is 13.7. The lowest BCUT2D eigenvalue weighted by molar-refractivity contribution is -0.242. The van der Waals surface area contributed by atoms with Gasteiger partial charge in [-0.3, -0.25) is 9.59 Å². The Bertz CT molecular complexity index is 805. The average molecular weight is 372 g/mol. The van der Waals surface area contributed by atoms with Crippen LogP contribution in [-0.2, 0) is 4.79 Å². The molecule has 1 atom stereocenters. The summed E-state index contributed by atoms with van der Waals surface area (Å²) in [5, 5.41) is 11.1. The number of aliphatic hydroxyl groups is 1. The van der Waals surface area contributed by atoms with E-state index in [0.29, 0.717) is 12.5 Å². The van der Waals surface area contributed by atoms with E-state index in [1.54, 1.807) is 30.3 Å². The van der Waals surface area contributed by atoms with Gasteiger partial charge in [0.15, 0.2) is 5.78 Å². The molecule has 132 valence electrons. The van der Waals surface area contributed by atoms with Crippen molar-refractivity contribution in [2.45, 2.75) is 18.7 Å². The van der Waals surface area contributed by atoms with Crippen molar-refractivity contribution in [3.63, 3.8) is 0 Å². The molecule has 8 heteroatoms. The van der Waals surface area contributed by atoms with Gasteiger partial charge in [-0.1, -0.05) is 48.0 Å². The highest BCUT2D eigenvalue weighted by Gasteiger charge is 2.55. The predicted molar refractivity (Wildman–Crippen MR) is 86.6 cm³/mol. The maximum absolute atomic E-state index is 12.7. The first kappa shape index (κ1) is 19.0. The number of carbonyl (C=O) groups excluding carboxylic acids is 2. The van der Waals surface area contributed by atoms with Gasteiger partial charge in [-0.25, -0.2) is 0 Å². The Labute approximate surface area is 146 Å². The van der Waals surface area contributed by atoms with Crippen LogP contribution in [0.15, 0.2) is 48.5 Å². The lowest BCUT2D eigenvalue weighted by atomic mass is 10.0. The van der Waals surface area contributed by atoms with Crippen LogP contribution in [0.3, 0.4) is 0 Å². The molecule has 1 amide bonds. The molecule has 2 rings (SSSR count). The number of ketones is 1. The van der Waals surface area contributed by atoms with Crippen LogP contribution in [-0.4, -0.2) is 28.6 Å². The SMILES string of the molecule is C[C@@](O)(C(=O)Nc1cccc(C(=O)c2ccccc2)c1Cl)C(F)(F)F. The average Bonchev–Trinajstić information content (AvgIpc) is 2.55. The summed E-state index contributed by atoms with van der Waals surface area (Å²) in [5.74, 6) is -2.16. The number of halogens is 4. The minimum atomic E-state index is -5.17. The van der Waals surface area contributed by atoms with Gasteiger partial charge < -0.3 is 10.4 Å². The number of hydrogen-bond acceptors (Lipinski definition) is 3. The molecule has 0 heterocycles. The lowest BCUT2D eigenvalue weighted by Gasteiger charge is -2.25. The highest BCUT2D eigenvalue weighted by atomic mass is 35.5. The molecule has 4 nitrogen and oxygen atoms in total. The first-order valence-electron chi connectivity index (χ1n) is 7.04. The summed E-state index contributed by atoms with van der Waals surface area (Å²) in [7, 11) is 0. The summed E-state index contributed by atoms with van der Waals surface area (Å²) in [4.78, 5) is 24.2. The lowest BCUT2D eigenvalue weighted by Crippen LogP contribution is -2.52. The Balaban J connectivity index is 2.33. The van der Waals surface area contributed by atoms with E-state index in [1.165, 1.54) is 18.2 Å². The largest absolute Gasteiger partial charge is 0.426 e. The number of amides is 1. The van der Waals surface area contributed by atoms with Gasteiger partial charge >= 0.3 is 6.18 Å². The molecular formula is C17H13ClF3NO3. The van der Waals surface area contributed by atoms with Crippen LogP contribution in [0.1, 0.15) is 22.8 Å². The monoisotopic (exact) mass is 371 g/mol. The number of carbonyl (C=O) groups is 2. The Hall–Kier alpha value is -2.38. The van der Waals surface area contributed by atoms with Gasteiger partial charge in [0.1, 0.15) is 0 Å². The molecule has 25 heavy (non-hydrogen) atoms. The van der Waals surface area contributed by atoms with Crippen LogP contribution >= 0.6 is 11.6 Å². The Morgan fingerprint density at radius 2 is 1.64 bits per heavy atom. The summed E-state index contributed by atoms with van der Waals surface area (Å²) < 4.78 is 38.2. The van der Waals surface area contributed by atoms with Crippen LogP contribution < -0.4 is 5.32 Å². The van der Waals surface area contributed by atoms with Crippen LogP contribution in [0.5, 0.6) is 0 Å². The van der Waals surface area contributed by atoms with E-state index in [4.69, 9.17) is 11.6 Å². The van der Waals surface area contributed by atoms with E-state index in [0.717, 1.165) is 0 Å². The summed E-state index contributed by atoms with van der Waals surface area (Å²) in [5.41, 5.74) is -3.47. The van der Waals surface area contributed by atoms with Crippen LogP contribution in [0.25, 0.3) is 0 Å². The standard InChI is InChI=1S/C17H13ClF3NO3/c1-16(25,17(19,20)21)15(24)22-12-9-5-8-11(13(12)18)14(23)10-6-3-2-4-7-10/h2-9,25H,1H3,(H,22,24)/t16-/m1/s1. The van der Waals surface area contributed by atoms with Crippen molar-refractivity contribution >= 4 is 29.0 Å². The highest BCUT2D eigenvalue weighted by molar-refractivity contribution is 6.38. The zero-order valence-electron chi connectivity index (χ0n) is 12.9. The van der Waals surface area contributed by atoms with Gasteiger partial charge in [0.05, 0.1) is 10.7 Å². The molecule has 0 aromatic heterocycles. The van der Waals surface area contributed by atoms with Gasteiger partial charge in [-0.2, -0.15) is 13.2 Å². The smallest absolute Gasteiger partial charge is 0.373 e. The van der Waals surface area contributed by atoms with Crippen molar-refractivity contribution in [1.29, 1.82) is 0 Å². The molecule has 0 saturated heterocycles. The normalized spacial score (nSPS) is 13.8. The zero-order chi connectivity index (χ0) is 18.8. The van der Waals surface area contributed by atoms with E-state index < -0.39 is 23.5 Å². The Kier molecular flexibility index (Phi) is 5.20. The Morgan fingerprint density at radius 1 is 1.04 bits per heavy atom. The van der Waals surface area contributed by atoms with E-state index in [9.17, 15) is 27.9 Å². The van der Waals surface area contributed by atoms with Crippen molar-refractivity contribution < 1.29 is 27.9 Å². The fraction of sp³-hybridized carbons (Fsp3) is 0.176. The molecular weight excluding hydrogens is 359 g/mol. The van der Waals surface area contributed by atoms with Crippen LogP contribution in [0.2, 0.25) is 5.02 Å². The van der Waals surface area contributed by atoms with Gasteiger partial charge in [-0.15, -0.1) is 0 Å². The van der Waals surface area contributed by atoms with E-state index >= 15 is 0 Å². The molecule has 0 aliphatic heterocycles. The number of alkyl halides is 3. The summed E-state index contributed by atoms with van der Waals surface area (Å²) in [6, 6.07) is 12.1. The minimum Gasteiger partial charge on any atom is -0.373 e. The number of rotatable bonds is 4. The molecule has 0 spiro atoms. The van der Waals surface area contributed by atoms with Crippen molar-refractivity contribution in [3.05, 3.63) is 64.7 Å². The first-order chi connectivity index (χ1) is 11.6. The van der Waals surface area contributed by atoms with Crippen molar-refractivity contribution in [2.75, 3.05) is 5.32 Å².